The van der Waals surface area contributed by atoms with Crippen LogP contribution in [0.4, 0.5) is 0 Å². The summed E-state index contributed by atoms with van der Waals surface area (Å²) < 4.78 is 38.4. The van der Waals surface area contributed by atoms with Crippen molar-refractivity contribution in [3.8, 4) is 5.75 Å². The number of hydrogen-bond acceptors (Lipinski definition) is 5. The van der Waals surface area contributed by atoms with Gasteiger partial charge in [0.2, 0.25) is 0 Å². The average molecular weight is 314 g/mol. The predicted octanol–water partition coefficient (Wildman–Crippen LogP) is -1.17. The molecule has 0 bridgehead atoms. The Bertz CT molecular complexity index is 741. The second kappa shape index (κ2) is 7.20. The van der Waals surface area contributed by atoms with Crippen LogP contribution in [0.3, 0.4) is 0 Å². The van der Waals surface area contributed by atoms with Gasteiger partial charge in [-0.3, -0.25) is 4.79 Å². The molecule has 0 unspecified atom stereocenters. The van der Waals surface area contributed by atoms with Crippen LogP contribution < -0.4 is 34.3 Å². The van der Waals surface area contributed by atoms with Gasteiger partial charge in [0.05, 0.1) is 12.0 Å². The summed E-state index contributed by atoms with van der Waals surface area (Å²) in [5.41, 5.74) is 0.526. The second-order valence-corrected chi connectivity index (χ2v) is 5.36. The Morgan fingerprint density at radius 2 is 1.67 bits per heavy atom. The van der Waals surface area contributed by atoms with Crippen LogP contribution in [-0.4, -0.2) is 25.9 Å². The number of ether oxygens (including phenoxy) is 1. The van der Waals surface area contributed by atoms with Gasteiger partial charge >= 0.3 is 29.6 Å². The maximum atomic E-state index is 12.2. The largest absolute Gasteiger partial charge is 1.00 e. The van der Waals surface area contributed by atoms with Gasteiger partial charge < -0.3 is 9.29 Å². The van der Waals surface area contributed by atoms with Crippen molar-refractivity contribution >= 4 is 15.9 Å². The van der Waals surface area contributed by atoms with Gasteiger partial charge in [0.15, 0.2) is 5.78 Å². The van der Waals surface area contributed by atoms with Crippen LogP contribution >= 0.6 is 0 Å². The third-order valence-corrected chi connectivity index (χ3v) is 3.59. The summed E-state index contributed by atoms with van der Waals surface area (Å²) in [6.07, 6.45) is 0. The Morgan fingerprint density at radius 1 is 1.05 bits per heavy atom. The van der Waals surface area contributed by atoms with E-state index in [-0.39, 0.29) is 46.7 Å². The Hall–Kier alpha value is -1.18. The quantitative estimate of drug-likeness (QED) is 0.404. The van der Waals surface area contributed by atoms with Crippen molar-refractivity contribution in [1.82, 2.24) is 0 Å². The van der Waals surface area contributed by atoms with E-state index in [2.05, 4.69) is 0 Å². The van der Waals surface area contributed by atoms with Gasteiger partial charge in [-0.25, -0.2) is 8.42 Å². The van der Waals surface area contributed by atoms with E-state index in [9.17, 15) is 17.8 Å². The fourth-order valence-electron chi connectivity index (χ4n) is 1.77. The Morgan fingerprint density at radius 3 is 2.19 bits per heavy atom. The van der Waals surface area contributed by atoms with E-state index in [0.29, 0.717) is 5.56 Å². The predicted molar refractivity (Wildman–Crippen MR) is 70.8 cm³/mol. The minimum absolute atomic E-state index is 0. The summed E-state index contributed by atoms with van der Waals surface area (Å²) in [7, 11) is -3.46. The summed E-state index contributed by atoms with van der Waals surface area (Å²) >= 11 is 0. The molecule has 0 radical (unpaired) electrons. The summed E-state index contributed by atoms with van der Waals surface area (Å²) in [5.74, 6) is -0.442. The molecule has 0 heterocycles. The summed E-state index contributed by atoms with van der Waals surface area (Å²) in [5, 5.41) is 0. The first kappa shape index (κ1) is 17.9. The van der Waals surface area contributed by atoms with Crippen LogP contribution in [0.5, 0.6) is 5.75 Å². The van der Waals surface area contributed by atoms with E-state index in [1.807, 2.05) is 0 Å². The van der Waals surface area contributed by atoms with Gasteiger partial charge in [-0.1, -0.05) is 30.3 Å². The first-order chi connectivity index (χ1) is 9.43. The van der Waals surface area contributed by atoms with E-state index in [0.717, 1.165) is 6.07 Å². The molecular formula is C14H11NaO5S. The molecule has 0 N–H and O–H groups in total. The van der Waals surface area contributed by atoms with Crippen molar-refractivity contribution in [2.24, 2.45) is 0 Å². The molecule has 2 rings (SSSR count). The van der Waals surface area contributed by atoms with Crippen molar-refractivity contribution in [3.63, 3.8) is 0 Å². The normalized spacial score (nSPS) is 10.6. The van der Waals surface area contributed by atoms with Crippen molar-refractivity contribution in [2.45, 2.75) is 4.90 Å². The number of carbonyl (C=O) groups excluding carboxylic acids is 1. The fourth-order valence-corrected chi connectivity index (χ4v) is 2.44. The standard InChI is InChI=1S/C14H12O5S.Na/c1-19-12-8-7-11(9-13(12)20(16,17)18)14(15)10-5-3-2-4-6-10;/h2-9H,1H3,(H,16,17,18);/q;+1/p-1. The molecule has 0 aliphatic carbocycles. The van der Waals surface area contributed by atoms with Crippen molar-refractivity contribution < 1.29 is 52.1 Å². The first-order valence-corrected chi connectivity index (χ1v) is 7.08. The summed E-state index contributed by atoms with van der Waals surface area (Å²) in [6.45, 7) is 0. The number of benzene rings is 2. The molecule has 21 heavy (non-hydrogen) atoms. The molecule has 0 saturated carbocycles. The number of rotatable bonds is 4. The maximum Gasteiger partial charge on any atom is 1.00 e. The van der Waals surface area contributed by atoms with Gasteiger partial charge in [-0.15, -0.1) is 0 Å². The Labute approximate surface area is 145 Å². The van der Waals surface area contributed by atoms with Crippen LogP contribution in [0.25, 0.3) is 0 Å². The van der Waals surface area contributed by atoms with Crippen LogP contribution in [0.2, 0.25) is 0 Å². The minimum Gasteiger partial charge on any atom is -0.744 e. The van der Waals surface area contributed by atoms with E-state index in [4.69, 9.17) is 4.74 Å². The van der Waals surface area contributed by atoms with Gasteiger partial charge in [0, 0.05) is 11.1 Å². The molecule has 0 amide bonds. The molecule has 0 atom stereocenters. The van der Waals surface area contributed by atoms with Crippen LogP contribution in [0.15, 0.2) is 53.4 Å². The average Bonchev–Trinajstić information content (AvgIpc) is 2.46. The van der Waals surface area contributed by atoms with Crippen molar-refractivity contribution in [1.29, 1.82) is 0 Å². The van der Waals surface area contributed by atoms with Crippen molar-refractivity contribution in [3.05, 3.63) is 59.7 Å². The Balaban J connectivity index is 0.00000220. The topological polar surface area (TPSA) is 83.5 Å². The molecule has 0 saturated heterocycles. The van der Waals surface area contributed by atoms with Crippen molar-refractivity contribution in [2.75, 3.05) is 7.11 Å². The fraction of sp³-hybridized carbons (Fsp3) is 0.0714. The molecule has 7 heteroatoms. The molecule has 2 aromatic rings. The van der Waals surface area contributed by atoms with Gasteiger partial charge in [-0.2, -0.15) is 0 Å². The molecule has 5 nitrogen and oxygen atoms in total. The zero-order chi connectivity index (χ0) is 14.8. The number of methoxy groups -OCH3 is 1. The molecule has 0 aliphatic rings. The summed E-state index contributed by atoms with van der Waals surface area (Å²) in [6, 6.07) is 12.1. The van der Waals surface area contributed by atoms with Gasteiger partial charge in [0.25, 0.3) is 0 Å². The smallest absolute Gasteiger partial charge is 0.744 e. The Kier molecular flexibility index (Phi) is 6.12. The first-order valence-electron chi connectivity index (χ1n) is 5.67. The molecule has 0 fully saturated rings. The van der Waals surface area contributed by atoms with E-state index >= 15 is 0 Å². The SMILES string of the molecule is COc1ccc(C(=O)c2ccccc2)cc1S(=O)(=O)[O-].[Na+]. The van der Waals surface area contributed by atoms with Crippen LogP contribution in [-0.2, 0) is 10.1 Å². The third kappa shape index (κ3) is 4.15. The molecule has 0 spiro atoms. The molecule has 104 valence electrons. The van der Waals surface area contributed by atoms with Crippen LogP contribution in [0, 0.1) is 0 Å². The molecule has 0 aromatic heterocycles. The van der Waals surface area contributed by atoms with Gasteiger partial charge in [0.1, 0.15) is 15.9 Å². The maximum absolute atomic E-state index is 12.2. The van der Waals surface area contributed by atoms with E-state index in [1.54, 1.807) is 30.3 Å². The van der Waals surface area contributed by atoms with Crippen LogP contribution in [0.1, 0.15) is 15.9 Å². The van der Waals surface area contributed by atoms with E-state index in [1.165, 1.54) is 19.2 Å². The molecule has 2 aromatic carbocycles. The van der Waals surface area contributed by atoms with Gasteiger partial charge in [-0.05, 0) is 18.2 Å². The summed E-state index contributed by atoms with van der Waals surface area (Å²) in [4.78, 5) is 11.6. The zero-order valence-electron chi connectivity index (χ0n) is 11.6. The molecule has 0 aliphatic heterocycles. The van der Waals surface area contributed by atoms with E-state index < -0.39 is 15.0 Å². The number of carbonyl (C=O) groups is 1. The monoisotopic (exact) mass is 314 g/mol. The third-order valence-electron chi connectivity index (χ3n) is 2.73. The minimum atomic E-state index is -4.71. The second-order valence-electron chi connectivity index (χ2n) is 4.01. The zero-order valence-corrected chi connectivity index (χ0v) is 14.4. The molecular weight excluding hydrogens is 303 g/mol. The number of ketones is 1. The number of hydrogen-bond donors (Lipinski definition) is 0.